The van der Waals surface area contributed by atoms with E-state index in [4.69, 9.17) is 14.2 Å². The van der Waals surface area contributed by atoms with Crippen LogP contribution in [-0.4, -0.2) is 43.5 Å². The number of amides is 1. The summed E-state index contributed by atoms with van der Waals surface area (Å²) >= 11 is 1.81. The molecule has 0 bridgehead atoms. The highest BCUT2D eigenvalue weighted by Gasteiger charge is 2.22. The van der Waals surface area contributed by atoms with E-state index in [0.29, 0.717) is 0 Å². The first-order valence-electron chi connectivity index (χ1n) is 17.9. The highest BCUT2D eigenvalue weighted by atomic mass is 32.2. The summed E-state index contributed by atoms with van der Waals surface area (Å²) in [6, 6.07) is 26.1. The number of unbranched alkanes of at least 4 members (excludes halogenated alkanes) is 4. The Hall–Kier alpha value is -3.22. The molecule has 2 atom stereocenters. The summed E-state index contributed by atoms with van der Waals surface area (Å²) in [5, 5.41) is 2.91. The second kappa shape index (κ2) is 18.9. The van der Waals surface area contributed by atoms with Gasteiger partial charge in [0.1, 0.15) is 11.5 Å². The number of carbonyl (C=O) groups excluding carboxylic acids is 1. The molecule has 2 unspecified atom stereocenters. The molecule has 3 aromatic carbocycles. The average Bonchev–Trinajstić information content (AvgIpc) is 3.31. The molecule has 0 aromatic heterocycles. The van der Waals surface area contributed by atoms with Gasteiger partial charge in [0.15, 0.2) is 6.29 Å². The van der Waals surface area contributed by atoms with Crippen molar-refractivity contribution in [3.63, 3.8) is 0 Å². The monoisotopic (exact) mass is 655 g/mol. The number of rotatable bonds is 17. The Bertz CT molecular complexity index is 1420. The molecule has 0 radical (unpaired) electrons. The van der Waals surface area contributed by atoms with Crippen LogP contribution >= 0.6 is 11.8 Å². The molecule has 1 heterocycles. The van der Waals surface area contributed by atoms with Gasteiger partial charge in [0.05, 0.1) is 18.5 Å². The normalized spacial score (nSPS) is 17.0. The molecule has 6 heteroatoms. The molecule has 47 heavy (non-hydrogen) atoms. The van der Waals surface area contributed by atoms with E-state index in [-0.39, 0.29) is 17.4 Å². The smallest absolute Gasteiger partial charge is 0.232 e. The predicted octanol–water partition coefficient (Wildman–Crippen LogP) is 9.86. The van der Waals surface area contributed by atoms with Crippen LogP contribution in [0.5, 0.6) is 11.5 Å². The Kier molecular flexibility index (Phi) is 14.1. The summed E-state index contributed by atoms with van der Waals surface area (Å²) < 4.78 is 18.3. The number of aryl methyl sites for hydroxylation is 1. The number of carbonyl (C=O) groups is 1. The van der Waals surface area contributed by atoms with Crippen LogP contribution in [-0.2, 0) is 16.0 Å². The third-order valence-corrected chi connectivity index (χ3v) is 10.6. The summed E-state index contributed by atoms with van der Waals surface area (Å²) in [6.45, 7) is 3.68. The highest BCUT2D eigenvalue weighted by Crippen LogP contribution is 2.41. The van der Waals surface area contributed by atoms with Gasteiger partial charge in [0.2, 0.25) is 5.91 Å². The number of allylic oxidation sites excluding steroid dienone is 1. The zero-order valence-corrected chi connectivity index (χ0v) is 29.3. The minimum absolute atomic E-state index is 0.0880. The lowest BCUT2D eigenvalue weighted by atomic mass is 9.88. The SMILES string of the molecule is CCCCC(SCCCCCCOc1ccc(C2=C(c3ccccc3)CCCc3cc(OC4CCCCO4)ccc32)cc1)C(=O)NC. The summed E-state index contributed by atoms with van der Waals surface area (Å²) in [7, 11) is 1.74. The minimum atomic E-state index is -0.141. The van der Waals surface area contributed by atoms with Crippen molar-refractivity contribution in [1.29, 1.82) is 0 Å². The Morgan fingerprint density at radius 1 is 0.894 bits per heavy atom. The van der Waals surface area contributed by atoms with E-state index in [2.05, 4.69) is 85.0 Å². The Morgan fingerprint density at radius 3 is 2.47 bits per heavy atom. The lowest BCUT2D eigenvalue weighted by Gasteiger charge is -2.24. The standard InChI is InChI=1S/C41H53NO4S/c1-3-4-19-38(41(43)42-2)47-29-13-6-5-11-27-44-34-23-21-32(22-24-34)40-36(31-15-8-7-9-16-31)18-14-17-33-30-35(25-26-37(33)40)46-39-20-10-12-28-45-39/h7-9,15-16,21-26,30,38-39H,3-6,10-14,17-20,27-29H2,1-2H3,(H,42,43). The third-order valence-electron chi connectivity index (χ3n) is 9.18. The molecule has 1 fully saturated rings. The number of fused-ring (bicyclic) bond motifs is 1. The highest BCUT2D eigenvalue weighted by molar-refractivity contribution is 8.00. The number of benzene rings is 3. The molecule has 252 valence electrons. The van der Waals surface area contributed by atoms with Crippen LogP contribution in [0.25, 0.3) is 11.1 Å². The van der Waals surface area contributed by atoms with Gasteiger partial charge in [-0.3, -0.25) is 4.79 Å². The number of hydrogen-bond donors (Lipinski definition) is 1. The van der Waals surface area contributed by atoms with Crippen molar-refractivity contribution in [3.8, 4) is 11.5 Å². The van der Waals surface area contributed by atoms with E-state index >= 15 is 0 Å². The van der Waals surface area contributed by atoms with Crippen molar-refractivity contribution in [2.24, 2.45) is 0 Å². The largest absolute Gasteiger partial charge is 0.494 e. The van der Waals surface area contributed by atoms with Crippen LogP contribution in [0.2, 0.25) is 0 Å². The van der Waals surface area contributed by atoms with Crippen LogP contribution in [0.4, 0.5) is 0 Å². The van der Waals surface area contributed by atoms with Gasteiger partial charge in [-0.05, 0) is 115 Å². The van der Waals surface area contributed by atoms with Crippen LogP contribution in [0.1, 0.15) is 106 Å². The van der Waals surface area contributed by atoms with Crippen molar-refractivity contribution >= 4 is 28.8 Å². The molecule has 5 rings (SSSR count). The maximum Gasteiger partial charge on any atom is 0.232 e. The Balaban J connectivity index is 1.19. The van der Waals surface area contributed by atoms with E-state index in [1.807, 2.05) is 11.8 Å². The van der Waals surface area contributed by atoms with Gasteiger partial charge in [-0.1, -0.05) is 81.1 Å². The molecule has 0 saturated carbocycles. The first-order valence-corrected chi connectivity index (χ1v) is 19.0. The maximum atomic E-state index is 12.1. The molecule has 2 aliphatic rings. The zero-order valence-electron chi connectivity index (χ0n) is 28.4. The predicted molar refractivity (Wildman–Crippen MR) is 196 cm³/mol. The van der Waals surface area contributed by atoms with Crippen LogP contribution in [0.15, 0.2) is 72.8 Å². The van der Waals surface area contributed by atoms with Crippen molar-refractivity contribution in [2.75, 3.05) is 26.0 Å². The van der Waals surface area contributed by atoms with Gasteiger partial charge in [-0.25, -0.2) is 0 Å². The van der Waals surface area contributed by atoms with Crippen molar-refractivity contribution in [1.82, 2.24) is 5.32 Å². The number of thioether (sulfide) groups is 1. The maximum absolute atomic E-state index is 12.1. The molecular weight excluding hydrogens is 603 g/mol. The lowest BCUT2D eigenvalue weighted by molar-refractivity contribution is -0.120. The number of hydrogen-bond acceptors (Lipinski definition) is 5. The lowest BCUT2D eigenvalue weighted by Crippen LogP contribution is -2.29. The van der Waals surface area contributed by atoms with E-state index in [1.165, 1.54) is 39.8 Å². The second-order valence-corrected chi connectivity index (χ2v) is 14.0. The van der Waals surface area contributed by atoms with E-state index in [1.54, 1.807) is 7.05 Å². The summed E-state index contributed by atoms with van der Waals surface area (Å²) in [4.78, 5) is 12.1. The molecule has 1 saturated heterocycles. The Morgan fingerprint density at radius 2 is 1.70 bits per heavy atom. The van der Waals surface area contributed by atoms with Gasteiger partial charge < -0.3 is 19.5 Å². The van der Waals surface area contributed by atoms with Crippen molar-refractivity contribution in [2.45, 2.75) is 102 Å². The average molecular weight is 656 g/mol. The van der Waals surface area contributed by atoms with Gasteiger partial charge in [0.25, 0.3) is 0 Å². The quantitative estimate of drug-likeness (QED) is 0.147. The van der Waals surface area contributed by atoms with Gasteiger partial charge >= 0.3 is 0 Å². The van der Waals surface area contributed by atoms with Crippen molar-refractivity contribution < 1.29 is 19.0 Å². The molecule has 1 aliphatic carbocycles. The molecular formula is C41H53NO4S. The fraction of sp³-hybridized carbons (Fsp3) is 0.488. The van der Waals surface area contributed by atoms with Crippen LogP contribution < -0.4 is 14.8 Å². The summed E-state index contributed by atoms with van der Waals surface area (Å²) in [6.07, 6.45) is 13.9. The van der Waals surface area contributed by atoms with E-state index in [9.17, 15) is 4.79 Å². The molecule has 1 N–H and O–H groups in total. The number of ether oxygens (including phenoxy) is 3. The van der Waals surface area contributed by atoms with Gasteiger partial charge in [0, 0.05) is 13.5 Å². The number of nitrogens with one attached hydrogen (secondary N) is 1. The van der Waals surface area contributed by atoms with Crippen molar-refractivity contribution in [3.05, 3.63) is 95.1 Å². The van der Waals surface area contributed by atoms with E-state index in [0.717, 1.165) is 108 Å². The topological polar surface area (TPSA) is 56.8 Å². The first-order chi connectivity index (χ1) is 23.2. The summed E-state index contributed by atoms with van der Waals surface area (Å²) in [5.41, 5.74) is 7.83. The molecule has 1 amide bonds. The van der Waals surface area contributed by atoms with Gasteiger partial charge in [-0.15, -0.1) is 11.8 Å². The van der Waals surface area contributed by atoms with Crippen LogP contribution in [0.3, 0.4) is 0 Å². The van der Waals surface area contributed by atoms with Gasteiger partial charge in [-0.2, -0.15) is 0 Å². The first kappa shape index (κ1) is 35.1. The molecule has 1 aliphatic heterocycles. The fourth-order valence-corrected chi connectivity index (χ4v) is 7.84. The molecule has 5 nitrogen and oxygen atoms in total. The zero-order chi connectivity index (χ0) is 32.7. The molecule has 3 aromatic rings. The molecule has 0 spiro atoms. The van der Waals surface area contributed by atoms with E-state index < -0.39 is 0 Å². The Labute approximate surface area is 286 Å². The fourth-order valence-electron chi connectivity index (χ4n) is 6.58. The second-order valence-electron chi connectivity index (χ2n) is 12.7. The minimum Gasteiger partial charge on any atom is -0.494 e. The van der Waals surface area contributed by atoms with Crippen LogP contribution in [0, 0.1) is 0 Å². The third kappa shape index (κ3) is 10.4. The summed E-state index contributed by atoms with van der Waals surface area (Å²) in [5.74, 6) is 3.03.